The Bertz CT molecular complexity index is 251. The third-order valence-electron chi connectivity index (χ3n) is 1.73. The molecule has 0 fully saturated rings. The molecule has 4 nitrogen and oxygen atoms in total. The van der Waals surface area contributed by atoms with Crippen LogP contribution in [0.1, 0.15) is 0 Å². The number of carbonyl (C=O) groups is 2. The zero-order valence-corrected chi connectivity index (χ0v) is 14.6. The quantitative estimate of drug-likeness (QED) is 0.348. The lowest BCUT2D eigenvalue weighted by atomic mass is 10.5. The fraction of sp³-hybridized carbons (Fsp3) is 0.800. The van der Waals surface area contributed by atoms with E-state index in [-0.39, 0.29) is 47.2 Å². The van der Waals surface area contributed by atoms with E-state index in [2.05, 4.69) is 50.5 Å². The van der Waals surface area contributed by atoms with Gasteiger partial charge in [0.1, 0.15) is 13.2 Å². The second kappa shape index (κ2) is 12.4. The Kier molecular flexibility index (Phi) is 12.9. The number of thiol groups is 4. The first-order valence-corrected chi connectivity index (χ1v) is 8.91. The summed E-state index contributed by atoms with van der Waals surface area (Å²) >= 11 is 17.5. The van der Waals surface area contributed by atoms with E-state index in [1.165, 1.54) is 0 Å². The lowest BCUT2D eigenvalue weighted by Crippen LogP contribution is -2.19. The molecule has 2 unspecified atom stereocenters. The maximum Gasteiger partial charge on any atom is 0.315 e. The molecule has 0 aromatic carbocycles. The van der Waals surface area contributed by atoms with Gasteiger partial charge >= 0.3 is 11.9 Å². The minimum atomic E-state index is -0.374. The van der Waals surface area contributed by atoms with E-state index in [9.17, 15) is 9.59 Å². The van der Waals surface area contributed by atoms with Gasteiger partial charge in [0.05, 0.1) is 11.5 Å². The molecule has 0 aromatic rings. The predicted molar refractivity (Wildman–Crippen MR) is 92.5 cm³/mol. The molecule has 0 spiro atoms. The highest BCUT2D eigenvalue weighted by Crippen LogP contribution is 2.05. The first-order chi connectivity index (χ1) is 8.99. The van der Waals surface area contributed by atoms with Crippen LogP contribution in [0.15, 0.2) is 0 Å². The number of hydrogen-bond donors (Lipinski definition) is 4. The predicted octanol–water partition coefficient (Wildman–Crippen LogP) is 1.26. The van der Waals surface area contributed by atoms with Crippen LogP contribution in [-0.2, 0) is 19.1 Å². The van der Waals surface area contributed by atoms with Gasteiger partial charge in [0.25, 0.3) is 0 Å². The van der Waals surface area contributed by atoms with Crippen LogP contribution in [0.4, 0.5) is 0 Å². The zero-order chi connectivity index (χ0) is 14.7. The van der Waals surface area contributed by atoms with Crippen molar-refractivity contribution in [2.75, 3.05) is 36.2 Å². The average Bonchev–Trinajstić information content (AvgIpc) is 2.41. The Morgan fingerprint density at radius 3 is 1.58 bits per heavy atom. The van der Waals surface area contributed by atoms with E-state index >= 15 is 0 Å². The van der Waals surface area contributed by atoms with Crippen LogP contribution < -0.4 is 0 Å². The molecule has 0 bridgehead atoms. The smallest absolute Gasteiger partial charge is 0.315 e. The molecule has 0 saturated carbocycles. The van der Waals surface area contributed by atoms with Gasteiger partial charge in [-0.25, -0.2) is 0 Å². The van der Waals surface area contributed by atoms with Crippen molar-refractivity contribution in [3.63, 3.8) is 0 Å². The van der Waals surface area contributed by atoms with Crippen molar-refractivity contribution in [1.82, 2.24) is 0 Å². The maximum atomic E-state index is 11.3. The topological polar surface area (TPSA) is 52.6 Å². The molecule has 2 atom stereocenters. The fourth-order valence-corrected chi connectivity index (χ4v) is 1.75. The van der Waals surface area contributed by atoms with Crippen molar-refractivity contribution in [1.29, 1.82) is 0 Å². The largest absolute Gasteiger partial charge is 0.464 e. The Morgan fingerprint density at radius 2 is 1.26 bits per heavy atom. The van der Waals surface area contributed by atoms with Gasteiger partial charge in [-0.05, 0) is 0 Å². The second-order valence-electron chi connectivity index (χ2n) is 3.53. The highest BCUT2D eigenvalue weighted by molar-refractivity contribution is 8.00. The lowest BCUT2D eigenvalue weighted by Gasteiger charge is -2.09. The standard InChI is InChI=1S/C10H18O4S5/c11-9(13-1-7(17)3-15)5-19-6-10(12)14-2-8(18)4-16/h7-8,15-18H,1-6H2. The number of ether oxygens (including phenoxy) is 2. The molecule has 0 N–H and O–H groups in total. The summed E-state index contributed by atoms with van der Waals surface area (Å²) in [6.45, 7) is 0.444. The molecular formula is C10H18O4S5. The molecule has 0 radical (unpaired) electrons. The Hall–Kier alpha value is 0.690. The van der Waals surface area contributed by atoms with Crippen LogP contribution >= 0.6 is 62.3 Å². The maximum absolute atomic E-state index is 11.3. The van der Waals surface area contributed by atoms with E-state index in [0.29, 0.717) is 11.5 Å². The number of esters is 2. The molecule has 9 heteroatoms. The van der Waals surface area contributed by atoms with Crippen molar-refractivity contribution < 1.29 is 19.1 Å². The van der Waals surface area contributed by atoms with E-state index < -0.39 is 0 Å². The van der Waals surface area contributed by atoms with Gasteiger partial charge < -0.3 is 9.47 Å². The third-order valence-corrected chi connectivity index (χ3v) is 4.74. The Morgan fingerprint density at radius 1 is 0.895 bits per heavy atom. The van der Waals surface area contributed by atoms with Gasteiger partial charge in [0.15, 0.2) is 0 Å². The zero-order valence-electron chi connectivity index (χ0n) is 10.2. The number of hydrogen-bond acceptors (Lipinski definition) is 9. The van der Waals surface area contributed by atoms with Crippen molar-refractivity contribution in [2.24, 2.45) is 0 Å². The van der Waals surface area contributed by atoms with E-state index in [1.54, 1.807) is 0 Å². The molecule has 0 saturated heterocycles. The van der Waals surface area contributed by atoms with Gasteiger partial charge in [-0.1, -0.05) is 0 Å². The molecule has 0 amide bonds. The average molecular weight is 363 g/mol. The number of rotatable bonds is 10. The Balaban J connectivity index is 3.56. The Labute approximate surface area is 139 Å². The van der Waals surface area contributed by atoms with Gasteiger partial charge in [0, 0.05) is 22.0 Å². The summed E-state index contributed by atoms with van der Waals surface area (Å²) in [5, 5.41) is -0.147. The highest BCUT2D eigenvalue weighted by atomic mass is 32.2. The molecule has 0 aromatic heterocycles. The summed E-state index contributed by atoms with van der Waals surface area (Å²) in [6.07, 6.45) is 0. The fourth-order valence-electron chi connectivity index (χ4n) is 0.785. The van der Waals surface area contributed by atoms with Gasteiger partial charge in [0.2, 0.25) is 0 Å². The first kappa shape index (κ1) is 19.7. The SMILES string of the molecule is O=C(CSCC(=O)OCC(S)CS)OCC(S)CS. The summed E-state index contributed by atoms with van der Waals surface area (Å²) in [7, 11) is 0. The van der Waals surface area contributed by atoms with E-state index in [4.69, 9.17) is 9.47 Å². The molecule has 0 rings (SSSR count). The highest BCUT2D eigenvalue weighted by Gasteiger charge is 2.10. The third kappa shape index (κ3) is 12.2. The summed E-state index contributed by atoms with van der Waals surface area (Å²) in [4.78, 5) is 22.6. The van der Waals surface area contributed by atoms with Crippen molar-refractivity contribution >= 4 is 74.2 Å². The summed E-state index contributed by atoms with van der Waals surface area (Å²) < 4.78 is 9.87. The molecular weight excluding hydrogens is 344 g/mol. The normalized spacial score (nSPS) is 13.7. The first-order valence-electron chi connectivity index (χ1n) is 5.46. The van der Waals surface area contributed by atoms with Crippen LogP contribution in [0, 0.1) is 0 Å². The lowest BCUT2D eigenvalue weighted by molar-refractivity contribution is -0.140. The summed E-state index contributed by atoms with van der Waals surface area (Å²) in [5.74, 6) is 0.540. The van der Waals surface area contributed by atoms with Crippen LogP contribution in [0.25, 0.3) is 0 Å². The number of carbonyl (C=O) groups excluding carboxylic acids is 2. The molecule has 19 heavy (non-hydrogen) atoms. The van der Waals surface area contributed by atoms with E-state index in [0.717, 1.165) is 11.8 Å². The van der Waals surface area contributed by atoms with Gasteiger partial charge in [-0.3, -0.25) is 9.59 Å². The molecule has 0 aliphatic heterocycles. The van der Waals surface area contributed by atoms with Crippen LogP contribution in [0.5, 0.6) is 0 Å². The van der Waals surface area contributed by atoms with Crippen molar-refractivity contribution in [3.8, 4) is 0 Å². The summed E-state index contributed by atoms with van der Waals surface area (Å²) in [5.41, 5.74) is 0. The number of thioether (sulfide) groups is 1. The van der Waals surface area contributed by atoms with Crippen molar-refractivity contribution in [2.45, 2.75) is 10.5 Å². The van der Waals surface area contributed by atoms with Crippen LogP contribution in [0.3, 0.4) is 0 Å². The monoisotopic (exact) mass is 362 g/mol. The molecule has 0 aliphatic rings. The van der Waals surface area contributed by atoms with Gasteiger partial charge in [-0.2, -0.15) is 50.5 Å². The molecule has 0 aliphatic carbocycles. The van der Waals surface area contributed by atoms with Crippen molar-refractivity contribution in [3.05, 3.63) is 0 Å². The summed E-state index contributed by atoms with van der Waals surface area (Å²) in [6, 6.07) is 0. The second-order valence-corrected chi connectivity index (χ2v) is 6.71. The minimum absolute atomic E-state index is 0.0733. The molecule has 0 heterocycles. The van der Waals surface area contributed by atoms with E-state index in [1.807, 2.05) is 0 Å². The van der Waals surface area contributed by atoms with Crippen LogP contribution in [-0.4, -0.2) is 58.7 Å². The molecule has 112 valence electrons. The van der Waals surface area contributed by atoms with Crippen LogP contribution in [0.2, 0.25) is 0 Å². The van der Waals surface area contributed by atoms with Gasteiger partial charge in [-0.15, -0.1) is 11.8 Å². The minimum Gasteiger partial charge on any atom is -0.464 e.